The molecule has 1 saturated heterocycles. The minimum Gasteiger partial charge on any atom is -0.507 e. The highest BCUT2D eigenvalue weighted by atomic mass is 19.4. The SMILES string of the molecule is O=C1C(=O)N(c2ccc(OC(F)(F)F)cc2)C(c2ccncc2)/C1=C(/O)c1ccc2ccccc2c1. The summed E-state index contributed by atoms with van der Waals surface area (Å²) >= 11 is 0. The van der Waals surface area contributed by atoms with Crippen LogP contribution in [0.5, 0.6) is 5.75 Å². The zero-order valence-electron chi connectivity index (χ0n) is 18.4. The Hall–Kier alpha value is -4.66. The van der Waals surface area contributed by atoms with Gasteiger partial charge in [0.25, 0.3) is 11.7 Å². The van der Waals surface area contributed by atoms with Gasteiger partial charge in [-0.05, 0) is 58.8 Å². The number of fused-ring (bicyclic) bond motifs is 1. The lowest BCUT2D eigenvalue weighted by Crippen LogP contribution is -2.29. The Morgan fingerprint density at radius 3 is 2.22 bits per heavy atom. The highest BCUT2D eigenvalue weighted by Crippen LogP contribution is 2.42. The van der Waals surface area contributed by atoms with E-state index in [2.05, 4.69) is 9.72 Å². The third-order valence-corrected chi connectivity index (χ3v) is 5.84. The summed E-state index contributed by atoms with van der Waals surface area (Å²) in [5, 5.41) is 13.0. The molecule has 4 aromatic rings. The Morgan fingerprint density at radius 1 is 0.889 bits per heavy atom. The average molecular weight is 490 g/mol. The number of carbonyl (C=O) groups is 2. The van der Waals surface area contributed by atoms with Gasteiger partial charge in [0.15, 0.2) is 0 Å². The number of amides is 1. The topological polar surface area (TPSA) is 79.7 Å². The first-order valence-corrected chi connectivity index (χ1v) is 10.8. The number of aliphatic hydroxyl groups excluding tert-OH is 1. The van der Waals surface area contributed by atoms with E-state index in [0.29, 0.717) is 11.1 Å². The van der Waals surface area contributed by atoms with Crippen LogP contribution in [0.25, 0.3) is 16.5 Å². The van der Waals surface area contributed by atoms with Crippen molar-refractivity contribution in [3.63, 3.8) is 0 Å². The van der Waals surface area contributed by atoms with E-state index in [1.54, 1.807) is 30.3 Å². The van der Waals surface area contributed by atoms with E-state index >= 15 is 0 Å². The van der Waals surface area contributed by atoms with E-state index in [-0.39, 0.29) is 17.0 Å². The number of Topliss-reactive ketones (excluding diaryl/α,β-unsaturated/α-hetero) is 1. The van der Waals surface area contributed by atoms with Crippen LogP contribution in [0.3, 0.4) is 0 Å². The lowest BCUT2D eigenvalue weighted by molar-refractivity contribution is -0.274. The van der Waals surface area contributed by atoms with Crippen molar-refractivity contribution in [1.82, 2.24) is 4.98 Å². The molecule has 1 N–H and O–H groups in total. The van der Waals surface area contributed by atoms with Crippen molar-refractivity contribution in [2.24, 2.45) is 0 Å². The number of hydrogen-bond donors (Lipinski definition) is 1. The summed E-state index contributed by atoms with van der Waals surface area (Å²) in [6.07, 6.45) is -1.92. The molecule has 5 rings (SSSR count). The standard InChI is InChI=1S/C27H17F3N2O4/c28-27(29,30)36-21-9-7-20(8-10-21)32-23(17-11-13-31-14-12-17)22(25(34)26(32)35)24(33)19-6-5-16-3-1-2-4-18(16)15-19/h1-15,23,33H/b24-22-. The number of nitrogens with zero attached hydrogens (tertiary/aromatic N) is 2. The summed E-state index contributed by atoms with van der Waals surface area (Å²) in [5.41, 5.74) is 0.852. The van der Waals surface area contributed by atoms with E-state index in [1.165, 1.54) is 24.5 Å². The zero-order valence-corrected chi connectivity index (χ0v) is 18.4. The van der Waals surface area contributed by atoms with Gasteiger partial charge >= 0.3 is 6.36 Å². The van der Waals surface area contributed by atoms with E-state index in [0.717, 1.165) is 27.8 Å². The molecule has 0 spiro atoms. The molecule has 2 heterocycles. The number of rotatable bonds is 4. The number of hydrogen-bond acceptors (Lipinski definition) is 5. The van der Waals surface area contributed by atoms with Crippen molar-refractivity contribution in [3.05, 3.63) is 108 Å². The predicted octanol–water partition coefficient (Wildman–Crippen LogP) is 5.76. The van der Waals surface area contributed by atoms with Gasteiger partial charge in [-0.2, -0.15) is 0 Å². The molecule has 0 aliphatic carbocycles. The molecule has 1 aliphatic heterocycles. The molecule has 9 heteroatoms. The summed E-state index contributed by atoms with van der Waals surface area (Å²) in [6.45, 7) is 0. The monoisotopic (exact) mass is 490 g/mol. The number of ketones is 1. The summed E-state index contributed by atoms with van der Waals surface area (Å²) in [4.78, 5) is 31.5. The van der Waals surface area contributed by atoms with Gasteiger partial charge in [-0.25, -0.2) is 0 Å². The number of anilines is 1. The van der Waals surface area contributed by atoms with Gasteiger partial charge in [0.2, 0.25) is 0 Å². The number of carbonyl (C=O) groups excluding carboxylic acids is 2. The Balaban J connectivity index is 1.64. The largest absolute Gasteiger partial charge is 0.573 e. The molecule has 0 saturated carbocycles. The number of ether oxygens (including phenoxy) is 1. The Bertz CT molecular complexity index is 1500. The van der Waals surface area contributed by atoms with Crippen LogP contribution in [0.4, 0.5) is 18.9 Å². The smallest absolute Gasteiger partial charge is 0.507 e. The molecule has 36 heavy (non-hydrogen) atoms. The van der Waals surface area contributed by atoms with Crippen LogP contribution < -0.4 is 9.64 Å². The first-order valence-electron chi connectivity index (χ1n) is 10.8. The highest BCUT2D eigenvalue weighted by molar-refractivity contribution is 6.51. The molecule has 3 aromatic carbocycles. The Labute approximate surface area is 202 Å². The first-order chi connectivity index (χ1) is 17.2. The summed E-state index contributed by atoms with van der Waals surface area (Å²) < 4.78 is 41.6. The normalized spacial score (nSPS) is 17.5. The predicted molar refractivity (Wildman–Crippen MR) is 126 cm³/mol. The van der Waals surface area contributed by atoms with E-state index in [4.69, 9.17) is 0 Å². The molecule has 1 aromatic heterocycles. The van der Waals surface area contributed by atoms with E-state index in [9.17, 15) is 27.9 Å². The lowest BCUT2D eigenvalue weighted by atomic mass is 9.95. The summed E-state index contributed by atoms with van der Waals surface area (Å²) in [5.74, 6) is -2.68. The molecule has 1 amide bonds. The maximum Gasteiger partial charge on any atom is 0.573 e. The van der Waals surface area contributed by atoms with Gasteiger partial charge in [0.1, 0.15) is 11.5 Å². The Morgan fingerprint density at radius 2 is 1.56 bits per heavy atom. The fourth-order valence-corrected chi connectivity index (χ4v) is 4.26. The Kier molecular flexibility index (Phi) is 5.68. The molecule has 1 unspecified atom stereocenters. The third-order valence-electron chi connectivity index (χ3n) is 5.84. The molecule has 6 nitrogen and oxygen atoms in total. The van der Waals surface area contributed by atoms with Crippen LogP contribution in [-0.2, 0) is 9.59 Å². The molecule has 1 aliphatic rings. The molecule has 0 bridgehead atoms. The summed E-state index contributed by atoms with van der Waals surface area (Å²) in [7, 11) is 0. The van der Waals surface area contributed by atoms with Crippen molar-refractivity contribution in [2.75, 3.05) is 4.90 Å². The van der Waals surface area contributed by atoms with Gasteiger partial charge in [0.05, 0.1) is 11.6 Å². The quantitative estimate of drug-likeness (QED) is 0.224. The van der Waals surface area contributed by atoms with Crippen LogP contribution >= 0.6 is 0 Å². The van der Waals surface area contributed by atoms with Gasteiger partial charge in [0, 0.05) is 23.6 Å². The van der Waals surface area contributed by atoms with E-state index < -0.39 is 29.8 Å². The van der Waals surface area contributed by atoms with Crippen molar-refractivity contribution in [3.8, 4) is 5.75 Å². The van der Waals surface area contributed by atoms with Gasteiger partial charge in [-0.1, -0.05) is 36.4 Å². The van der Waals surface area contributed by atoms with Crippen LogP contribution in [-0.4, -0.2) is 28.1 Å². The van der Waals surface area contributed by atoms with Crippen molar-refractivity contribution in [1.29, 1.82) is 0 Å². The van der Waals surface area contributed by atoms with Crippen molar-refractivity contribution < 1.29 is 32.6 Å². The van der Waals surface area contributed by atoms with Crippen LogP contribution in [0.2, 0.25) is 0 Å². The lowest BCUT2D eigenvalue weighted by Gasteiger charge is -2.25. The second-order valence-corrected chi connectivity index (χ2v) is 8.05. The second-order valence-electron chi connectivity index (χ2n) is 8.05. The molecule has 0 radical (unpaired) electrons. The average Bonchev–Trinajstić information content (AvgIpc) is 3.13. The van der Waals surface area contributed by atoms with Gasteiger partial charge in [-0.3, -0.25) is 19.5 Å². The molecule has 180 valence electrons. The fourth-order valence-electron chi connectivity index (χ4n) is 4.26. The first kappa shape index (κ1) is 23.1. The highest BCUT2D eigenvalue weighted by Gasteiger charge is 2.47. The zero-order chi connectivity index (χ0) is 25.4. The van der Waals surface area contributed by atoms with Crippen molar-refractivity contribution in [2.45, 2.75) is 12.4 Å². The van der Waals surface area contributed by atoms with Gasteiger partial charge in [-0.15, -0.1) is 13.2 Å². The molecular weight excluding hydrogens is 473 g/mol. The number of aromatic nitrogens is 1. The fraction of sp³-hybridized carbons (Fsp3) is 0.0741. The van der Waals surface area contributed by atoms with Crippen molar-refractivity contribution >= 4 is 33.9 Å². The molecular formula is C27H17F3N2O4. The maximum atomic E-state index is 13.2. The number of aliphatic hydroxyl groups is 1. The molecule has 1 atom stereocenters. The minimum absolute atomic E-state index is 0.142. The molecule has 1 fully saturated rings. The van der Waals surface area contributed by atoms with Crippen LogP contribution in [0.1, 0.15) is 17.2 Å². The second kappa shape index (κ2) is 8.84. The van der Waals surface area contributed by atoms with E-state index in [1.807, 2.05) is 24.3 Å². The number of benzene rings is 3. The number of halogens is 3. The maximum absolute atomic E-state index is 13.2. The minimum atomic E-state index is -4.87. The van der Waals surface area contributed by atoms with Gasteiger partial charge < -0.3 is 9.84 Å². The number of pyridine rings is 1. The van der Waals surface area contributed by atoms with Crippen LogP contribution in [0.15, 0.2) is 96.8 Å². The summed E-state index contributed by atoms with van der Waals surface area (Å²) in [6, 6.07) is 19.4. The third kappa shape index (κ3) is 4.26. The van der Waals surface area contributed by atoms with Crippen LogP contribution in [0, 0.1) is 0 Å². The number of alkyl halides is 3.